The molecule has 0 aromatic carbocycles. The molecular formula is C12H28OSi. The van der Waals surface area contributed by atoms with Crippen LogP contribution in [0, 0.1) is 11.8 Å². The highest BCUT2D eigenvalue weighted by molar-refractivity contribution is 5.98. The first-order chi connectivity index (χ1) is 6.49. The van der Waals surface area contributed by atoms with E-state index in [1.54, 1.807) is 0 Å². The highest BCUT2D eigenvalue weighted by Gasteiger charge is 2.31. The van der Waals surface area contributed by atoms with Gasteiger partial charge in [-0.05, 0) is 32.1 Å². The first-order valence-electron chi connectivity index (χ1n) is 6.04. The lowest BCUT2D eigenvalue weighted by Gasteiger charge is -2.37. The van der Waals surface area contributed by atoms with Crippen LogP contribution in [0.4, 0.5) is 0 Å². The molecule has 0 aliphatic heterocycles. The molecule has 0 aromatic rings. The maximum Gasteiger partial charge on any atom is 0.146 e. The van der Waals surface area contributed by atoms with Crippen molar-refractivity contribution in [3.63, 3.8) is 0 Å². The van der Waals surface area contributed by atoms with E-state index in [0.717, 1.165) is 22.3 Å². The third-order valence-electron chi connectivity index (χ3n) is 3.62. The van der Waals surface area contributed by atoms with Gasteiger partial charge in [0.2, 0.25) is 0 Å². The Hall–Kier alpha value is 0.177. The molecule has 0 spiro atoms. The molecule has 2 atom stereocenters. The van der Waals surface area contributed by atoms with Crippen molar-refractivity contribution >= 4 is 10.5 Å². The molecule has 0 aliphatic rings. The van der Waals surface area contributed by atoms with E-state index in [0.29, 0.717) is 0 Å². The van der Waals surface area contributed by atoms with Gasteiger partial charge in [0.25, 0.3) is 0 Å². The van der Waals surface area contributed by atoms with Crippen molar-refractivity contribution in [2.45, 2.75) is 65.9 Å². The number of hydrogen-bond acceptors (Lipinski definition) is 1. The molecule has 1 nitrogen and oxygen atoms in total. The molecule has 0 saturated carbocycles. The molecule has 2 unspecified atom stereocenters. The Morgan fingerprint density at radius 2 is 1.86 bits per heavy atom. The highest BCUT2D eigenvalue weighted by Crippen LogP contribution is 2.33. The summed E-state index contributed by atoms with van der Waals surface area (Å²) in [6.45, 7) is 11.4. The Kier molecular flexibility index (Phi) is 6.71. The Morgan fingerprint density at radius 1 is 1.29 bits per heavy atom. The summed E-state index contributed by atoms with van der Waals surface area (Å²) in [6, 6.07) is 0. The zero-order valence-electron chi connectivity index (χ0n) is 10.9. The van der Waals surface area contributed by atoms with Gasteiger partial charge in [0.05, 0.1) is 5.60 Å². The topological polar surface area (TPSA) is 9.23 Å². The predicted molar refractivity (Wildman–Crippen MR) is 67.6 cm³/mol. The monoisotopic (exact) mass is 216 g/mol. The van der Waals surface area contributed by atoms with Crippen molar-refractivity contribution in [3.8, 4) is 0 Å². The minimum Gasteiger partial charge on any atom is -0.423 e. The van der Waals surface area contributed by atoms with Crippen LogP contribution >= 0.6 is 0 Å². The lowest BCUT2D eigenvalue weighted by atomic mass is 9.77. The predicted octanol–water partition coefficient (Wildman–Crippen LogP) is 2.91. The molecule has 0 N–H and O–H groups in total. The molecule has 14 heavy (non-hydrogen) atoms. The van der Waals surface area contributed by atoms with Crippen molar-refractivity contribution < 1.29 is 4.43 Å². The molecule has 0 heterocycles. The van der Waals surface area contributed by atoms with Gasteiger partial charge in [0.15, 0.2) is 0 Å². The fourth-order valence-corrected chi connectivity index (χ4v) is 2.48. The minimum absolute atomic E-state index is 0.0941. The lowest BCUT2D eigenvalue weighted by Crippen LogP contribution is -2.37. The third kappa shape index (κ3) is 4.14. The van der Waals surface area contributed by atoms with E-state index in [2.05, 4.69) is 34.6 Å². The molecule has 0 fully saturated rings. The van der Waals surface area contributed by atoms with Crippen LogP contribution in [0.2, 0.25) is 0 Å². The number of unbranched alkanes of at least 4 members (excludes halogenated alkanes) is 1. The average Bonchev–Trinajstić information content (AvgIpc) is 2.17. The van der Waals surface area contributed by atoms with Crippen molar-refractivity contribution in [2.75, 3.05) is 0 Å². The van der Waals surface area contributed by atoms with Crippen LogP contribution in [0.1, 0.15) is 60.3 Å². The molecule has 0 rings (SSSR count). The minimum atomic E-state index is 0.0941. The fraction of sp³-hybridized carbons (Fsp3) is 1.00. The number of hydrogen-bond donors (Lipinski definition) is 0. The van der Waals surface area contributed by atoms with Gasteiger partial charge in [-0.15, -0.1) is 0 Å². The summed E-state index contributed by atoms with van der Waals surface area (Å²) in [5, 5.41) is 0. The van der Waals surface area contributed by atoms with E-state index in [1.165, 1.54) is 25.7 Å². The van der Waals surface area contributed by atoms with Gasteiger partial charge in [-0.2, -0.15) is 0 Å². The van der Waals surface area contributed by atoms with Crippen LogP contribution in [0.25, 0.3) is 0 Å². The van der Waals surface area contributed by atoms with Crippen LogP contribution in [0.3, 0.4) is 0 Å². The second-order valence-corrected chi connectivity index (χ2v) is 5.35. The molecule has 0 amide bonds. The van der Waals surface area contributed by atoms with E-state index >= 15 is 0 Å². The summed E-state index contributed by atoms with van der Waals surface area (Å²) in [5.74, 6) is 1.51. The van der Waals surface area contributed by atoms with Gasteiger partial charge < -0.3 is 4.43 Å². The molecule has 86 valence electrons. The molecule has 0 aliphatic carbocycles. The zero-order valence-corrected chi connectivity index (χ0v) is 12.9. The van der Waals surface area contributed by atoms with Crippen molar-refractivity contribution in [3.05, 3.63) is 0 Å². The normalized spacial score (nSPS) is 16.9. The molecule has 2 heteroatoms. The summed E-state index contributed by atoms with van der Waals surface area (Å²) in [6.07, 6.45) is 5.22. The Labute approximate surface area is 93.2 Å². The first kappa shape index (κ1) is 14.2. The fourth-order valence-electron chi connectivity index (χ4n) is 2.18. The van der Waals surface area contributed by atoms with Gasteiger partial charge in [-0.3, -0.25) is 0 Å². The molecule has 0 bridgehead atoms. The largest absolute Gasteiger partial charge is 0.423 e. The summed E-state index contributed by atoms with van der Waals surface area (Å²) >= 11 is 0. The number of rotatable bonds is 7. The van der Waals surface area contributed by atoms with Gasteiger partial charge in [0.1, 0.15) is 10.5 Å². The van der Waals surface area contributed by atoms with Crippen LogP contribution in [0.15, 0.2) is 0 Å². The van der Waals surface area contributed by atoms with Crippen LogP contribution in [0.5, 0.6) is 0 Å². The van der Waals surface area contributed by atoms with Crippen LogP contribution in [-0.2, 0) is 4.43 Å². The van der Waals surface area contributed by atoms with E-state index in [1.807, 2.05) is 0 Å². The highest BCUT2D eigenvalue weighted by atomic mass is 28.2. The van der Waals surface area contributed by atoms with Gasteiger partial charge in [0, 0.05) is 0 Å². The van der Waals surface area contributed by atoms with Crippen molar-refractivity contribution in [1.29, 1.82) is 0 Å². The smallest absolute Gasteiger partial charge is 0.146 e. The molecule has 0 radical (unpaired) electrons. The summed E-state index contributed by atoms with van der Waals surface area (Å²) in [7, 11) is 0.852. The van der Waals surface area contributed by atoms with Gasteiger partial charge >= 0.3 is 0 Å². The van der Waals surface area contributed by atoms with Crippen LogP contribution in [-0.4, -0.2) is 16.1 Å². The van der Waals surface area contributed by atoms with E-state index in [4.69, 9.17) is 4.43 Å². The summed E-state index contributed by atoms with van der Waals surface area (Å²) in [4.78, 5) is 0. The van der Waals surface area contributed by atoms with Crippen molar-refractivity contribution in [1.82, 2.24) is 0 Å². The molecule has 0 aromatic heterocycles. The SMILES string of the molecule is CCCCC(C(C)CC)C(C)(C)O[SiH3]. The van der Waals surface area contributed by atoms with E-state index in [-0.39, 0.29) is 5.60 Å². The maximum absolute atomic E-state index is 5.76. The Morgan fingerprint density at radius 3 is 2.21 bits per heavy atom. The quantitative estimate of drug-likeness (QED) is 0.595. The molecule has 0 saturated heterocycles. The van der Waals surface area contributed by atoms with Crippen LogP contribution < -0.4 is 0 Å². The van der Waals surface area contributed by atoms with Gasteiger partial charge in [-0.1, -0.05) is 40.0 Å². The third-order valence-corrected chi connectivity index (χ3v) is 4.67. The Bertz CT molecular complexity index is 145. The van der Waals surface area contributed by atoms with E-state index < -0.39 is 0 Å². The summed E-state index contributed by atoms with van der Waals surface area (Å²) in [5.41, 5.74) is 0.0941. The maximum atomic E-state index is 5.76. The lowest BCUT2D eigenvalue weighted by molar-refractivity contribution is 0.0178. The standard InChI is InChI=1S/C12H28OSi/c1-6-8-9-11(10(3)7-2)12(4,5)13-14/h10-11H,6-9H2,1-5,14H3. The zero-order chi connectivity index (χ0) is 11.2. The first-order valence-corrected chi connectivity index (χ1v) is 6.86. The Balaban J connectivity index is 4.37. The summed E-state index contributed by atoms with van der Waals surface area (Å²) < 4.78 is 5.76. The average molecular weight is 216 g/mol. The van der Waals surface area contributed by atoms with E-state index in [9.17, 15) is 0 Å². The molecular weight excluding hydrogens is 188 g/mol. The second-order valence-electron chi connectivity index (χ2n) is 4.94. The second kappa shape index (κ2) is 6.62. The van der Waals surface area contributed by atoms with Gasteiger partial charge in [-0.25, -0.2) is 0 Å². The van der Waals surface area contributed by atoms with Crippen molar-refractivity contribution in [2.24, 2.45) is 11.8 Å².